The second-order valence-corrected chi connectivity index (χ2v) is 5.78. The molecule has 0 aliphatic rings. The van der Waals surface area contributed by atoms with Crippen LogP contribution in [0.4, 0.5) is 27.6 Å². The number of nitrogens with zero attached hydrogens (tertiary/aromatic N) is 2. The molecule has 0 aliphatic heterocycles. The summed E-state index contributed by atoms with van der Waals surface area (Å²) in [5.41, 5.74) is -0.407. The molecular formula is C17H9F5N4O. The summed E-state index contributed by atoms with van der Waals surface area (Å²) in [5, 5.41) is 2.72. The van der Waals surface area contributed by atoms with Crippen LogP contribution >= 0.6 is 0 Å². The van der Waals surface area contributed by atoms with Gasteiger partial charge in [-0.15, -0.1) is 0 Å². The van der Waals surface area contributed by atoms with E-state index in [-0.39, 0.29) is 27.9 Å². The summed E-state index contributed by atoms with van der Waals surface area (Å²) in [6, 6.07) is 3.88. The van der Waals surface area contributed by atoms with Crippen molar-refractivity contribution in [1.29, 1.82) is 0 Å². The van der Waals surface area contributed by atoms with Gasteiger partial charge in [-0.3, -0.25) is 4.79 Å². The first kappa shape index (κ1) is 17.0. The van der Waals surface area contributed by atoms with Gasteiger partial charge in [0.1, 0.15) is 11.3 Å². The summed E-state index contributed by atoms with van der Waals surface area (Å²) in [4.78, 5) is 19.0. The van der Waals surface area contributed by atoms with Crippen LogP contribution < -0.4 is 5.32 Å². The van der Waals surface area contributed by atoms with Crippen molar-refractivity contribution in [2.24, 2.45) is 0 Å². The zero-order chi connectivity index (χ0) is 19.3. The van der Waals surface area contributed by atoms with E-state index in [4.69, 9.17) is 0 Å². The molecule has 0 saturated heterocycles. The average Bonchev–Trinajstić information content (AvgIpc) is 3.18. The maximum absolute atomic E-state index is 13.4. The summed E-state index contributed by atoms with van der Waals surface area (Å²) in [7, 11) is 0. The summed E-state index contributed by atoms with van der Waals surface area (Å²) < 4.78 is 66.1. The molecule has 0 aliphatic carbocycles. The van der Waals surface area contributed by atoms with Crippen LogP contribution in [0.3, 0.4) is 0 Å². The number of aromatic nitrogens is 3. The maximum atomic E-state index is 13.4. The van der Waals surface area contributed by atoms with E-state index in [2.05, 4.69) is 15.3 Å². The molecule has 1 amide bonds. The van der Waals surface area contributed by atoms with E-state index in [0.29, 0.717) is 0 Å². The molecule has 4 rings (SSSR count). The number of H-pyrrole nitrogens is 1. The summed E-state index contributed by atoms with van der Waals surface area (Å²) in [5.74, 6) is -2.83. The fraction of sp³-hybridized carbons (Fsp3) is 0.0588. The molecule has 138 valence electrons. The van der Waals surface area contributed by atoms with Gasteiger partial charge in [0.05, 0.1) is 16.8 Å². The Balaban J connectivity index is 1.66. The van der Waals surface area contributed by atoms with Gasteiger partial charge in [-0.05, 0) is 18.2 Å². The second kappa shape index (κ2) is 5.79. The van der Waals surface area contributed by atoms with Crippen molar-refractivity contribution in [2.75, 3.05) is 5.32 Å². The number of amides is 1. The number of hydrogen-bond donors (Lipinski definition) is 2. The number of carbonyl (C=O) groups is 1. The number of nitrogens with one attached hydrogen (secondary N) is 2. The van der Waals surface area contributed by atoms with Crippen LogP contribution in [0.5, 0.6) is 0 Å². The SMILES string of the molecule is O=C(Nc1c[nH]c2cc(F)c(F)cc12)c1cn2cc(C(F)(F)F)ccc2n1. The third-order valence-corrected chi connectivity index (χ3v) is 3.98. The predicted molar refractivity (Wildman–Crippen MR) is 86.4 cm³/mol. The molecule has 0 bridgehead atoms. The standard InChI is InChI=1S/C17H9F5N4O/c18-10-3-9-12(4-11(10)19)23-5-13(9)25-16(27)14-7-26-6-8(17(20,21)22)1-2-15(26)24-14/h1-7,23H,(H,25,27). The van der Waals surface area contributed by atoms with Gasteiger partial charge >= 0.3 is 6.18 Å². The Hall–Kier alpha value is -3.43. The lowest BCUT2D eigenvalue weighted by molar-refractivity contribution is -0.137. The number of benzene rings is 1. The molecule has 3 heterocycles. The number of aromatic amines is 1. The first-order chi connectivity index (χ1) is 12.7. The van der Waals surface area contributed by atoms with E-state index in [1.165, 1.54) is 6.20 Å². The number of rotatable bonds is 2. The van der Waals surface area contributed by atoms with Gasteiger partial charge in [0.2, 0.25) is 0 Å². The van der Waals surface area contributed by atoms with Crippen molar-refractivity contribution in [3.8, 4) is 0 Å². The topological polar surface area (TPSA) is 62.2 Å². The number of carbonyl (C=O) groups excluding carboxylic acids is 1. The predicted octanol–water partition coefficient (Wildman–Crippen LogP) is 4.36. The van der Waals surface area contributed by atoms with Gasteiger partial charge in [0.25, 0.3) is 5.91 Å². The third kappa shape index (κ3) is 2.98. The summed E-state index contributed by atoms with van der Waals surface area (Å²) in [6.07, 6.45) is -1.21. The van der Waals surface area contributed by atoms with Gasteiger partial charge in [0.15, 0.2) is 11.6 Å². The Kier molecular flexibility index (Phi) is 3.65. The highest BCUT2D eigenvalue weighted by Gasteiger charge is 2.31. The third-order valence-electron chi connectivity index (χ3n) is 3.98. The average molecular weight is 380 g/mol. The Morgan fingerprint density at radius 3 is 2.59 bits per heavy atom. The molecule has 4 aromatic rings. The van der Waals surface area contributed by atoms with Gasteiger partial charge in [0, 0.05) is 30.0 Å². The molecule has 1 aromatic carbocycles. The number of pyridine rings is 1. The van der Waals surface area contributed by atoms with Crippen LogP contribution in [0.2, 0.25) is 0 Å². The molecule has 0 saturated carbocycles. The fourth-order valence-electron chi connectivity index (χ4n) is 2.68. The van der Waals surface area contributed by atoms with Gasteiger partial charge in [-0.1, -0.05) is 0 Å². The first-order valence-electron chi connectivity index (χ1n) is 7.56. The minimum Gasteiger partial charge on any atom is -0.359 e. The van der Waals surface area contributed by atoms with E-state index in [1.54, 1.807) is 0 Å². The summed E-state index contributed by atoms with van der Waals surface area (Å²) >= 11 is 0. The highest BCUT2D eigenvalue weighted by molar-refractivity contribution is 6.08. The van der Waals surface area contributed by atoms with E-state index in [0.717, 1.165) is 41.1 Å². The van der Waals surface area contributed by atoms with E-state index in [9.17, 15) is 26.7 Å². The van der Waals surface area contributed by atoms with Crippen LogP contribution in [0.1, 0.15) is 16.1 Å². The molecule has 5 nitrogen and oxygen atoms in total. The van der Waals surface area contributed by atoms with Crippen molar-refractivity contribution in [1.82, 2.24) is 14.4 Å². The normalized spacial score (nSPS) is 12.0. The van der Waals surface area contributed by atoms with Crippen LogP contribution in [0, 0.1) is 11.6 Å². The van der Waals surface area contributed by atoms with Gasteiger partial charge < -0.3 is 14.7 Å². The number of alkyl halides is 3. The maximum Gasteiger partial charge on any atom is 0.417 e. The van der Waals surface area contributed by atoms with Crippen LogP contribution in [-0.2, 0) is 6.18 Å². The van der Waals surface area contributed by atoms with Crippen LogP contribution in [0.25, 0.3) is 16.6 Å². The Labute approximate surface area is 147 Å². The first-order valence-corrected chi connectivity index (χ1v) is 7.56. The monoisotopic (exact) mass is 380 g/mol. The smallest absolute Gasteiger partial charge is 0.359 e. The number of halogens is 5. The molecule has 0 radical (unpaired) electrons. The Morgan fingerprint density at radius 2 is 1.85 bits per heavy atom. The van der Waals surface area contributed by atoms with Gasteiger partial charge in [-0.25, -0.2) is 13.8 Å². The number of fused-ring (bicyclic) bond motifs is 2. The molecule has 0 spiro atoms. The van der Waals surface area contributed by atoms with E-state index < -0.39 is 29.3 Å². The van der Waals surface area contributed by atoms with Crippen LogP contribution in [-0.4, -0.2) is 20.3 Å². The lowest BCUT2D eigenvalue weighted by Crippen LogP contribution is -2.12. The minimum atomic E-state index is -4.52. The van der Waals surface area contributed by atoms with E-state index in [1.807, 2.05) is 0 Å². The van der Waals surface area contributed by atoms with Crippen molar-refractivity contribution < 1.29 is 26.7 Å². The van der Waals surface area contributed by atoms with Crippen molar-refractivity contribution in [3.63, 3.8) is 0 Å². The zero-order valence-electron chi connectivity index (χ0n) is 13.2. The van der Waals surface area contributed by atoms with E-state index >= 15 is 0 Å². The molecule has 0 fully saturated rings. The molecule has 27 heavy (non-hydrogen) atoms. The highest BCUT2D eigenvalue weighted by Crippen LogP contribution is 2.29. The Morgan fingerprint density at radius 1 is 1.11 bits per heavy atom. The van der Waals surface area contributed by atoms with Crippen molar-refractivity contribution in [3.05, 3.63) is 65.7 Å². The minimum absolute atomic E-state index is 0.133. The quantitative estimate of drug-likeness (QED) is 0.508. The number of anilines is 1. The Bertz CT molecular complexity index is 1190. The lowest BCUT2D eigenvalue weighted by atomic mass is 10.2. The molecule has 2 N–H and O–H groups in total. The molecular weight excluding hydrogens is 371 g/mol. The largest absolute Gasteiger partial charge is 0.417 e. The molecule has 3 aromatic heterocycles. The van der Waals surface area contributed by atoms with Crippen molar-refractivity contribution in [2.45, 2.75) is 6.18 Å². The number of hydrogen-bond acceptors (Lipinski definition) is 2. The molecule has 0 unspecified atom stereocenters. The zero-order valence-corrected chi connectivity index (χ0v) is 13.2. The number of imidazole rings is 1. The summed E-state index contributed by atoms with van der Waals surface area (Å²) in [6.45, 7) is 0. The highest BCUT2D eigenvalue weighted by atomic mass is 19.4. The van der Waals surface area contributed by atoms with Crippen LogP contribution in [0.15, 0.2) is 42.9 Å². The van der Waals surface area contributed by atoms with Crippen molar-refractivity contribution >= 4 is 28.1 Å². The molecule has 10 heteroatoms. The lowest BCUT2D eigenvalue weighted by Gasteiger charge is -2.05. The van der Waals surface area contributed by atoms with Gasteiger partial charge in [-0.2, -0.15) is 13.2 Å². The second-order valence-electron chi connectivity index (χ2n) is 5.78. The molecule has 0 atom stereocenters. The fourth-order valence-corrected chi connectivity index (χ4v) is 2.68.